The topological polar surface area (TPSA) is 46.6 Å². The van der Waals surface area contributed by atoms with Crippen LogP contribution in [-0.4, -0.2) is 66.6 Å². The number of hydrogen-bond donors (Lipinski definition) is 0. The molecule has 4 saturated heterocycles. The molecule has 4 aliphatic rings. The molecular formula is C16H25N2O3+. The van der Waals surface area contributed by atoms with Crippen LogP contribution in [0, 0.1) is 11.8 Å². The Balaban J connectivity index is 1.44. The van der Waals surface area contributed by atoms with Crippen LogP contribution in [0.25, 0.3) is 0 Å². The first-order chi connectivity index (χ1) is 10.1. The molecule has 4 fully saturated rings. The lowest BCUT2D eigenvalue weighted by molar-refractivity contribution is -0.913. The zero-order chi connectivity index (χ0) is 14.6. The van der Waals surface area contributed by atoms with Gasteiger partial charge in [0.05, 0.1) is 57.3 Å². The van der Waals surface area contributed by atoms with E-state index in [2.05, 4.69) is 7.05 Å². The van der Waals surface area contributed by atoms with E-state index >= 15 is 0 Å². The van der Waals surface area contributed by atoms with Crippen LogP contribution in [0.3, 0.4) is 0 Å². The first kappa shape index (κ1) is 13.7. The minimum Gasteiger partial charge on any atom is -0.373 e. The fourth-order valence-corrected chi connectivity index (χ4v) is 4.83. The van der Waals surface area contributed by atoms with Crippen molar-refractivity contribution in [3.63, 3.8) is 0 Å². The van der Waals surface area contributed by atoms with E-state index < -0.39 is 0 Å². The second kappa shape index (κ2) is 4.78. The van der Waals surface area contributed by atoms with Crippen LogP contribution >= 0.6 is 0 Å². The predicted molar refractivity (Wildman–Crippen MR) is 76.2 cm³/mol. The van der Waals surface area contributed by atoms with Crippen molar-refractivity contribution in [2.75, 3.05) is 33.2 Å². The lowest BCUT2D eigenvalue weighted by Crippen LogP contribution is -2.52. The summed E-state index contributed by atoms with van der Waals surface area (Å²) in [6, 6.07) is 0. The predicted octanol–water partition coefficient (Wildman–Crippen LogP) is 0.779. The summed E-state index contributed by atoms with van der Waals surface area (Å²) in [4.78, 5) is 26.7. The van der Waals surface area contributed by atoms with E-state index in [0.29, 0.717) is 6.54 Å². The average Bonchev–Trinajstić information content (AvgIpc) is 3.13. The van der Waals surface area contributed by atoms with Crippen molar-refractivity contribution >= 4 is 11.8 Å². The molecule has 0 aromatic rings. The van der Waals surface area contributed by atoms with Crippen molar-refractivity contribution in [2.45, 2.75) is 44.3 Å². The molecule has 4 aliphatic heterocycles. The van der Waals surface area contributed by atoms with Crippen LogP contribution < -0.4 is 0 Å². The summed E-state index contributed by atoms with van der Waals surface area (Å²) in [6.07, 6.45) is 5.78. The largest absolute Gasteiger partial charge is 0.373 e. The maximum atomic E-state index is 12.6. The standard InChI is InChI=1S/C16H25N2O3/c1-18(8-3-2-4-9-18)10-7-17-15(19)13-11-5-6-12(21-11)14(13)16(17)20/h11-14H,2-10H2,1H3/q+1/t11-,12+,13-,14+. The molecule has 2 bridgehead atoms. The van der Waals surface area contributed by atoms with Gasteiger partial charge in [0.2, 0.25) is 11.8 Å². The summed E-state index contributed by atoms with van der Waals surface area (Å²) < 4.78 is 6.78. The van der Waals surface area contributed by atoms with Crippen LogP contribution in [0.4, 0.5) is 0 Å². The number of hydrogen-bond acceptors (Lipinski definition) is 3. The molecule has 4 heterocycles. The molecule has 4 atom stereocenters. The molecule has 0 radical (unpaired) electrons. The van der Waals surface area contributed by atoms with Gasteiger partial charge in [-0.25, -0.2) is 0 Å². The van der Waals surface area contributed by atoms with Crippen LogP contribution in [0.2, 0.25) is 0 Å². The van der Waals surface area contributed by atoms with Crippen LogP contribution in [0.1, 0.15) is 32.1 Å². The van der Waals surface area contributed by atoms with Gasteiger partial charge in [0.15, 0.2) is 0 Å². The molecule has 0 unspecified atom stereocenters. The highest BCUT2D eigenvalue weighted by Crippen LogP contribution is 2.48. The molecule has 0 spiro atoms. The maximum absolute atomic E-state index is 12.6. The van der Waals surface area contributed by atoms with Gasteiger partial charge in [0.1, 0.15) is 0 Å². The van der Waals surface area contributed by atoms with E-state index in [0.717, 1.165) is 23.9 Å². The number of ether oxygens (including phenoxy) is 1. The van der Waals surface area contributed by atoms with Gasteiger partial charge in [0.25, 0.3) is 0 Å². The van der Waals surface area contributed by atoms with Gasteiger partial charge < -0.3 is 9.22 Å². The average molecular weight is 293 g/mol. The summed E-state index contributed by atoms with van der Waals surface area (Å²) in [5.41, 5.74) is 0. The lowest BCUT2D eigenvalue weighted by Gasteiger charge is -2.38. The van der Waals surface area contributed by atoms with Gasteiger partial charge in [-0.15, -0.1) is 0 Å². The van der Waals surface area contributed by atoms with Crippen LogP contribution in [-0.2, 0) is 14.3 Å². The first-order valence-corrected chi connectivity index (χ1v) is 8.43. The van der Waals surface area contributed by atoms with Gasteiger partial charge in [-0.3, -0.25) is 14.5 Å². The number of nitrogens with zero attached hydrogens (tertiary/aromatic N) is 2. The van der Waals surface area contributed by atoms with E-state index in [1.807, 2.05) is 0 Å². The van der Waals surface area contributed by atoms with Crippen LogP contribution in [0.15, 0.2) is 0 Å². The third-order valence-corrected chi connectivity index (χ3v) is 6.13. The summed E-state index contributed by atoms with van der Waals surface area (Å²) in [5.74, 6) is -0.243. The summed E-state index contributed by atoms with van der Waals surface area (Å²) in [5, 5.41) is 0. The second-order valence-corrected chi connectivity index (χ2v) is 7.52. The highest BCUT2D eigenvalue weighted by molar-refractivity contribution is 6.06. The number of piperidine rings is 1. The van der Waals surface area contributed by atoms with Crippen LogP contribution in [0.5, 0.6) is 0 Å². The Morgan fingerprint density at radius 3 is 2.19 bits per heavy atom. The second-order valence-electron chi connectivity index (χ2n) is 7.52. The molecule has 0 N–H and O–H groups in total. The molecule has 0 aliphatic carbocycles. The number of carbonyl (C=O) groups excluding carboxylic acids is 2. The smallest absolute Gasteiger partial charge is 0.236 e. The van der Waals surface area contributed by atoms with Gasteiger partial charge in [0, 0.05) is 0 Å². The van der Waals surface area contributed by atoms with Gasteiger partial charge in [-0.05, 0) is 32.1 Å². The summed E-state index contributed by atoms with van der Waals surface area (Å²) in [7, 11) is 2.26. The summed E-state index contributed by atoms with van der Waals surface area (Å²) >= 11 is 0. The highest BCUT2D eigenvalue weighted by atomic mass is 16.5. The Kier molecular flexibility index (Phi) is 3.12. The number of fused-ring (bicyclic) bond motifs is 5. The number of imide groups is 1. The Hall–Kier alpha value is -0.940. The molecule has 21 heavy (non-hydrogen) atoms. The molecule has 0 aromatic carbocycles. The van der Waals surface area contributed by atoms with Crippen molar-refractivity contribution in [3.05, 3.63) is 0 Å². The Morgan fingerprint density at radius 1 is 1.05 bits per heavy atom. The lowest BCUT2D eigenvalue weighted by atomic mass is 9.81. The Labute approximate surface area is 125 Å². The number of amides is 2. The van der Waals surface area contributed by atoms with E-state index in [1.165, 1.54) is 32.4 Å². The zero-order valence-corrected chi connectivity index (χ0v) is 12.8. The maximum Gasteiger partial charge on any atom is 0.236 e. The van der Waals surface area contributed by atoms with E-state index in [1.54, 1.807) is 4.90 Å². The van der Waals surface area contributed by atoms with Crippen molar-refractivity contribution in [1.29, 1.82) is 0 Å². The van der Waals surface area contributed by atoms with E-state index in [-0.39, 0.29) is 35.9 Å². The van der Waals surface area contributed by atoms with Gasteiger partial charge in [-0.2, -0.15) is 0 Å². The third-order valence-electron chi connectivity index (χ3n) is 6.13. The minimum absolute atomic E-state index is 0.0150. The van der Waals surface area contributed by atoms with E-state index in [4.69, 9.17) is 4.74 Å². The molecule has 0 saturated carbocycles. The summed E-state index contributed by atoms with van der Waals surface area (Å²) in [6.45, 7) is 3.86. The molecule has 2 amide bonds. The number of rotatable bonds is 3. The van der Waals surface area contributed by atoms with Crippen molar-refractivity contribution < 1.29 is 18.8 Å². The molecule has 116 valence electrons. The molecular weight excluding hydrogens is 268 g/mol. The monoisotopic (exact) mass is 293 g/mol. The van der Waals surface area contributed by atoms with Gasteiger partial charge >= 0.3 is 0 Å². The Bertz CT molecular complexity index is 444. The minimum atomic E-state index is -0.164. The molecule has 5 heteroatoms. The SMILES string of the molecule is C[N+]1(CCN2C(=O)[C@@H]3[C@H](C2=O)[C@H]2CC[C@@H]3O2)CCCCC1. The molecule has 0 aromatic heterocycles. The van der Waals surface area contributed by atoms with Crippen molar-refractivity contribution in [3.8, 4) is 0 Å². The fraction of sp³-hybridized carbons (Fsp3) is 0.875. The number of likely N-dealkylation sites (tertiary alicyclic amines) is 2. The Morgan fingerprint density at radius 2 is 1.62 bits per heavy atom. The third kappa shape index (κ3) is 2.05. The zero-order valence-electron chi connectivity index (χ0n) is 12.8. The van der Waals surface area contributed by atoms with Crippen molar-refractivity contribution in [1.82, 2.24) is 4.90 Å². The number of likely N-dealkylation sites (N-methyl/N-ethyl adjacent to an activating group) is 1. The van der Waals surface area contributed by atoms with Gasteiger partial charge in [-0.1, -0.05) is 0 Å². The van der Waals surface area contributed by atoms with E-state index in [9.17, 15) is 9.59 Å². The quantitative estimate of drug-likeness (QED) is 0.571. The normalized spacial score (nSPS) is 40.9. The fourth-order valence-electron chi connectivity index (χ4n) is 4.83. The van der Waals surface area contributed by atoms with Crippen molar-refractivity contribution in [2.24, 2.45) is 11.8 Å². The molecule has 5 nitrogen and oxygen atoms in total. The molecule has 4 rings (SSSR count). The number of carbonyl (C=O) groups is 2. The first-order valence-electron chi connectivity index (χ1n) is 8.43. The number of quaternary nitrogens is 1. The highest BCUT2D eigenvalue weighted by Gasteiger charge is 2.62.